The third kappa shape index (κ3) is 3.54. The topological polar surface area (TPSA) is 30.5 Å². The molecule has 1 aliphatic rings. The van der Waals surface area contributed by atoms with Gasteiger partial charge in [-0.3, -0.25) is 0 Å². The fraction of sp³-hybridized carbons (Fsp3) is 0.538. The summed E-state index contributed by atoms with van der Waals surface area (Å²) in [7, 11) is 0. The van der Waals surface area contributed by atoms with Gasteiger partial charge in [-0.25, -0.2) is 0 Å². The van der Waals surface area contributed by atoms with Crippen molar-refractivity contribution in [2.24, 2.45) is 0 Å². The van der Waals surface area contributed by atoms with Crippen LogP contribution in [-0.4, -0.2) is 24.8 Å². The maximum Gasteiger partial charge on any atom is 0.231 e. The van der Waals surface area contributed by atoms with Gasteiger partial charge in [-0.1, -0.05) is 13.0 Å². The summed E-state index contributed by atoms with van der Waals surface area (Å²) in [5, 5.41) is 4.17. The van der Waals surface area contributed by atoms with E-state index in [0.717, 1.165) is 29.8 Å². The predicted molar refractivity (Wildman–Crippen MR) is 71.9 cm³/mol. The van der Waals surface area contributed by atoms with E-state index >= 15 is 0 Å². The van der Waals surface area contributed by atoms with Crippen LogP contribution in [0.5, 0.6) is 11.5 Å². The van der Waals surface area contributed by atoms with Gasteiger partial charge in [0.1, 0.15) is 0 Å². The first-order valence-corrected chi connectivity index (χ1v) is 7.20. The standard InChI is InChI=1S/C13H19NO2S/c1-10(17-2)5-6-14-8-11-3-4-12-13(7-11)16-9-15-12/h3-4,7,10,14H,5-6,8-9H2,1-2H3. The molecule has 1 unspecified atom stereocenters. The predicted octanol–water partition coefficient (Wildman–Crippen LogP) is 2.65. The van der Waals surface area contributed by atoms with Crippen molar-refractivity contribution < 1.29 is 9.47 Å². The fourth-order valence-electron chi connectivity index (χ4n) is 1.71. The highest BCUT2D eigenvalue weighted by Gasteiger charge is 2.12. The van der Waals surface area contributed by atoms with Crippen LogP contribution in [0.4, 0.5) is 0 Å². The average Bonchev–Trinajstić information content (AvgIpc) is 2.81. The summed E-state index contributed by atoms with van der Waals surface area (Å²) in [5.41, 5.74) is 1.24. The number of hydrogen-bond donors (Lipinski definition) is 1. The summed E-state index contributed by atoms with van der Waals surface area (Å²) in [6.07, 6.45) is 3.36. The summed E-state index contributed by atoms with van der Waals surface area (Å²) in [4.78, 5) is 0. The zero-order valence-electron chi connectivity index (χ0n) is 10.4. The van der Waals surface area contributed by atoms with Gasteiger partial charge in [-0.05, 0) is 36.9 Å². The number of fused-ring (bicyclic) bond motifs is 1. The van der Waals surface area contributed by atoms with E-state index in [-0.39, 0.29) is 0 Å². The van der Waals surface area contributed by atoms with Crippen LogP contribution in [0.3, 0.4) is 0 Å². The molecular formula is C13H19NO2S. The Kier molecular flexibility index (Phi) is 4.57. The van der Waals surface area contributed by atoms with E-state index in [4.69, 9.17) is 9.47 Å². The molecule has 1 heterocycles. The summed E-state index contributed by atoms with van der Waals surface area (Å²) in [5.74, 6) is 1.71. The van der Waals surface area contributed by atoms with Gasteiger partial charge in [0.15, 0.2) is 11.5 Å². The van der Waals surface area contributed by atoms with Crippen LogP contribution in [0, 0.1) is 0 Å². The number of benzene rings is 1. The summed E-state index contributed by atoms with van der Waals surface area (Å²) in [6, 6.07) is 6.11. The van der Waals surface area contributed by atoms with Crippen LogP contribution in [0.15, 0.2) is 18.2 Å². The van der Waals surface area contributed by atoms with E-state index < -0.39 is 0 Å². The third-order valence-corrected chi connectivity index (χ3v) is 3.94. The monoisotopic (exact) mass is 253 g/mol. The molecule has 0 amide bonds. The molecule has 0 saturated heterocycles. The molecule has 0 spiro atoms. The van der Waals surface area contributed by atoms with Crippen molar-refractivity contribution in [3.05, 3.63) is 23.8 Å². The van der Waals surface area contributed by atoms with Crippen molar-refractivity contribution in [3.63, 3.8) is 0 Å². The second-order valence-corrected chi connectivity index (χ2v) is 5.48. The van der Waals surface area contributed by atoms with E-state index in [1.165, 1.54) is 12.0 Å². The number of rotatable bonds is 6. The molecule has 0 bridgehead atoms. The molecule has 4 heteroatoms. The molecule has 1 N–H and O–H groups in total. The summed E-state index contributed by atoms with van der Waals surface area (Å²) in [6.45, 7) is 4.54. The van der Waals surface area contributed by atoms with Crippen molar-refractivity contribution in [3.8, 4) is 11.5 Å². The molecular weight excluding hydrogens is 234 g/mol. The normalized spacial score (nSPS) is 14.9. The quantitative estimate of drug-likeness (QED) is 0.790. The van der Waals surface area contributed by atoms with Crippen molar-refractivity contribution >= 4 is 11.8 Å². The number of ether oxygens (including phenoxy) is 2. The smallest absolute Gasteiger partial charge is 0.231 e. The van der Waals surface area contributed by atoms with Crippen molar-refractivity contribution in [2.45, 2.75) is 25.1 Å². The molecule has 2 rings (SSSR count). The van der Waals surface area contributed by atoms with E-state index in [9.17, 15) is 0 Å². The van der Waals surface area contributed by atoms with E-state index in [2.05, 4.69) is 24.6 Å². The molecule has 0 saturated carbocycles. The average molecular weight is 253 g/mol. The first-order valence-electron chi connectivity index (χ1n) is 5.91. The molecule has 3 nitrogen and oxygen atoms in total. The Labute approximate surface area is 107 Å². The maximum absolute atomic E-state index is 5.35. The largest absolute Gasteiger partial charge is 0.454 e. The Morgan fingerprint density at radius 1 is 1.35 bits per heavy atom. The van der Waals surface area contributed by atoms with Gasteiger partial charge >= 0.3 is 0 Å². The van der Waals surface area contributed by atoms with E-state index in [0.29, 0.717) is 6.79 Å². The van der Waals surface area contributed by atoms with Crippen LogP contribution in [0.1, 0.15) is 18.9 Å². The van der Waals surface area contributed by atoms with Gasteiger partial charge in [0, 0.05) is 11.8 Å². The molecule has 17 heavy (non-hydrogen) atoms. The van der Waals surface area contributed by atoms with Gasteiger partial charge in [-0.2, -0.15) is 11.8 Å². The molecule has 1 aromatic carbocycles. The lowest BCUT2D eigenvalue weighted by Crippen LogP contribution is -2.17. The second kappa shape index (κ2) is 6.17. The Balaban J connectivity index is 1.76. The number of nitrogens with one attached hydrogen (secondary N) is 1. The Morgan fingerprint density at radius 3 is 3.00 bits per heavy atom. The summed E-state index contributed by atoms with van der Waals surface area (Å²) >= 11 is 1.91. The molecule has 0 aliphatic carbocycles. The first kappa shape index (κ1) is 12.6. The fourth-order valence-corrected chi connectivity index (χ4v) is 2.06. The summed E-state index contributed by atoms with van der Waals surface area (Å²) < 4.78 is 10.6. The SMILES string of the molecule is CSC(C)CCNCc1ccc2c(c1)OCO2. The molecule has 0 fully saturated rings. The van der Waals surface area contributed by atoms with E-state index in [1.54, 1.807) is 0 Å². The highest BCUT2D eigenvalue weighted by molar-refractivity contribution is 7.99. The zero-order chi connectivity index (χ0) is 12.1. The van der Waals surface area contributed by atoms with Crippen molar-refractivity contribution in [1.29, 1.82) is 0 Å². The zero-order valence-corrected chi connectivity index (χ0v) is 11.2. The molecule has 1 aromatic rings. The van der Waals surface area contributed by atoms with E-state index in [1.807, 2.05) is 23.9 Å². The van der Waals surface area contributed by atoms with Crippen LogP contribution in [0.2, 0.25) is 0 Å². The van der Waals surface area contributed by atoms with Crippen molar-refractivity contribution in [2.75, 3.05) is 19.6 Å². The molecule has 94 valence electrons. The van der Waals surface area contributed by atoms with Gasteiger partial charge in [0.2, 0.25) is 6.79 Å². The third-order valence-electron chi connectivity index (χ3n) is 2.90. The Morgan fingerprint density at radius 2 is 2.18 bits per heavy atom. The molecule has 0 radical (unpaired) electrons. The first-order chi connectivity index (χ1) is 8.29. The maximum atomic E-state index is 5.35. The second-order valence-electron chi connectivity index (χ2n) is 4.20. The van der Waals surface area contributed by atoms with Crippen LogP contribution in [-0.2, 0) is 6.54 Å². The van der Waals surface area contributed by atoms with Crippen LogP contribution >= 0.6 is 11.8 Å². The molecule has 0 aromatic heterocycles. The van der Waals surface area contributed by atoms with Gasteiger partial charge < -0.3 is 14.8 Å². The Hall–Kier alpha value is -0.870. The lowest BCUT2D eigenvalue weighted by molar-refractivity contribution is 0.174. The lowest BCUT2D eigenvalue weighted by Gasteiger charge is -2.09. The molecule has 1 aliphatic heterocycles. The number of hydrogen-bond acceptors (Lipinski definition) is 4. The lowest BCUT2D eigenvalue weighted by atomic mass is 10.2. The highest BCUT2D eigenvalue weighted by atomic mass is 32.2. The Bertz CT molecular complexity index is 370. The van der Waals surface area contributed by atoms with Gasteiger partial charge in [0.05, 0.1) is 0 Å². The van der Waals surface area contributed by atoms with Gasteiger partial charge in [0.25, 0.3) is 0 Å². The minimum absolute atomic E-state index is 0.345. The highest BCUT2D eigenvalue weighted by Crippen LogP contribution is 2.32. The van der Waals surface area contributed by atoms with Gasteiger partial charge in [-0.15, -0.1) is 0 Å². The van der Waals surface area contributed by atoms with Crippen molar-refractivity contribution in [1.82, 2.24) is 5.32 Å². The minimum Gasteiger partial charge on any atom is -0.454 e. The minimum atomic E-state index is 0.345. The molecule has 1 atom stereocenters. The van der Waals surface area contributed by atoms with Crippen LogP contribution < -0.4 is 14.8 Å². The number of thioether (sulfide) groups is 1. The van der Waals surface area contributed by atoms with Crippen LogP contribution in [0.25, 0.3) is 0 Å².